The Labute approximate surface area is 131 Å². The maximum absolute atomic E-state index is 6.35. The molecule has 0 aliphatic carbocycles. The number of aromatic nitrogens is 1. The van der Waals surface area contributed by atoms with E-state index in [0.717, 1.165) is 55.0 Å². The van der Waals surface area contributed by atoms with E-state index in [-0.39, 0.29) is 0 Å². The lowest BCUT2D eigenvalue weighted by Crippen LogP contribution is -2.34. The van der Waals surface area contributed by atoms with Gasteiger partial charge in [0.2, 0.25) is 0 Å². The van der Waals surface area contributed by atoms with Gasteiger partial charge in [0.1, 0.15) is 5.15 Å². The van der Waals surface area contributed by atoms with Crippen LogP contribution in [0.3, 0.4) is 0 Å². The second-order valence-electron chi connectivity index (χ2n) is 5.93. The third kappa shape index (κ3) is 3.54. The third-order valence-corrected chi connectivity index (χ3v) is 4.75. The van der Waals surface area contributed by atoms with Gasteiger partial charge < -0.3 is 5.73 Å². The molecular weight excluding hydrogens is 282 g/mol. The highest BCUT2D eigenvalue weighted by Gasteiger charge is 2.19. The Bertz CT molecular complexity index is 606. The van der Waals surface area contributed by atoms with Crippen LogP contribution in [0.5, 0.6) is 0 Å². The van der Waals surface area contributed by atoms with Gasteiger partial charge in [-0.05, 0) is 56.9 Å². The van der Waals surface area contributed by atoms with E-state index in [1.165, 1.54) is 12.8 Å². The molecule has 0 unspecified atom stereocenters. The Kier molecular flexibility index (Phi) is 4.73. The first-order valence-corrected chi connectivity index (χ1v) is 8.10. The van der Waals surface area contributed by atoms with Gasteiger partial charge in [0.15, 0.2) is 0 Å². The molecule has 1 aliphatic rings. The minimum absolute atomic E-state index is 0.637. The average Bonchev–Trinajstić information content (AvgIpc) is 2.50. The van der Waals surface area contributed by atoms with Crippen molar-refractivity contribution in [3.05, 3.63) is 41.0 Å². The molecule has 3 rings (SSSR count). The summed E-state index contributed by atoms with van der Waals surface area (Å²) in [4.78, 5) is 6.98. The number of fused-ring (bicyclic) bond motifs is 1. The quantitative estimate of drug-likeness (QED) is 0.880. The van der Waals surface area contributed by atoms with Gasteiger partial charge >= 0.3 is 0 Å². The highest BCUT2D eigenvalue weighted by atomic mass is 35.5. The summed E-state index contributed by atoms with van der Waals surface area (Å²) in [5.41, 5.74) is 7.75. The maximum Gasteiger partial charge on any atom is 0.134 e. The zero-order chi connectivity index (χ0) is 14.7. The SMILES string of the molecule is NCCC1CCN(Cc2cc3ccccc3nc2Cl)CC1. The molecule has 1 aromatic heterocycles. The highest BCUT2D eigenvalue weighted by Crippen LogP contribution is 2.25. The van der Waals surface area contributed by atoms with Gasteiger partial charge in [-0.2, -0.15) is 0 Å². The average molecular weight is 304 g/mol. The minimum atomic E-state index is 0.637. The van der Waals surface area contributed by atoms with Crippen molar-refractivity contribution in [2.45, 2.75) is 25.8 Å². The van der Waals surface area contributed by atoms with Crippen molar-refractivity contribution in [2.24, 2.45) is 11.7 Å². The van der Waals surface area contributed by atoms with E-state index in [1.54, 1.807) is 0 Å². The van der Waals surface area contributed by atoms with Gasteiger partial charge in [-0.15, -0.1) is 0 Å². The standard InChI is InChI=1S/C17H22ClN3/c18-17-15(11-14-3-1-2-4-16(14)20-17)12-21-9-6-13(5-8-19)7-10-21/h1-4,11,13H,5-10,12,19H2. The molecule has 0 radical (unpaired) electrons. The van der Waals surface area contributed by atoms with Crippen LogP contribution in [0.15, 0.2) is 30.3 Å². The van der Waals surface area contributed by atoms with Gasteiger partial charge in [-0.25, -0.2) is 4.98 Å². The van der Waals surface area contributed by atoms with Crippen LogP contribution in [0, 0.1) is 5.92 Å². The Balaban J connectivity index is 1.69. The number of benzene rings is 1. The molecule has 0 spiro atoms. The molecule has 1 saturated heterocycles. The summed E-state index contributed by atoms with van der Waals surface area (Å²) in [5, 5.41) is 1.80. The summed E-state index contributed by atoms with van der Waals surface area (Å²) in [5.74, 6) is 0.802. The van der Waals surface area contributed by atoms with E-state index >= 15 is 0 Å². The second-order valence-corrected chi connectivity index (χ2v) is 6.29. The number of rotatable bonds is 4. The molecule has 0 amide bonds. The summed E-state index contributed by atoms with van der Waals surface area (Å²) in [6.45, 7) is 3.97. The van der Waals surface area contributed by atoms with E-state index in [9.17, 15) is 0 Å². The Morgan fingerprint density at radius 1 is 1.24 bits per heavy atom. The molecule has 0 atom stereocenters. The third-order valence-electron chi connectivity index (χ3n) is 4.43. The number of likely N-dealkylation sites (tertiary alicyclic amines) is 1. The van der Waals surface area contributed by atoms with Crippen LogP contribution in [0.1, 0.15) is 24.8 Å². The first-order chi connectivity index (χ1) is 10.3. The van der Waals surface area contributed by atoms with Gasteiger partial charge in [0, 0.05) is 17.5 Å². The zero-order valence-corrected chi connectivity index (χ0v) is 13.0. The van der Waals surface area contributed by atoms with Crippen LogP contribution in [0.4, 0.5) is 0 Å². The Hall–Kier alpha value is -1.16. The van der Waals surface area contributed by atoms with E-state index in [4.69, 9.17) is 17.3 Å². The Morgan fingerprint density at radius 2 is 2.00 bits per heavy atom. The number of hydrogen-bond donors (Lipinski definition) is 1. The van der Waals surface area contributed by atoms with Crippen molar-refractivity contribution in [1.82, 2.24) is 9.88 Å². The van der Waals surface area contributed by atoms with Gasteiger partial charge in [0.05, 0.1) is 5.52 Å². The number of hydrogen-bond acceptors (Lipinski definition) is 3. The summed E-state index contributed by atoms with van der Waals surface area (Å²) in [6, 6.07) is 10.3. The fourth-order valence-electron chi connectivity index (χ4n) is 3.16. The van der Waals surface area contributed by atoms with E-state index in [1.807, 2.05) is 18.2 Å². The van der Waals surface area contributed by atoms with Gasteiger partial charge in [0.25, 0.3) is 0 Å². The number of nitrogens with zero attached hydrogens (tertiary/aromatic N) is 2. The predicted molar refractivity (Wildman–Crippen MR) is 88.4 cm³/mol. The summed E-state index contributed by atoms with van der Waals surface area (Å²) < 4.78 is 0. The number of pyridine rings is 1. The van der Waals surface area contributed by atoms with Crippen LogP contribution in [-0.2, 0) is 6.54 Å². The van der Waals surface area contributed by atoms with Crippen LogP contribution in [0.2, 0.25) is 5.15 Å². The smallest absolute Gasteiger partial charge is 0.134 e. The monoisotopic (exact) mass is 303 g/mol. The van der Waals surface area contributed by atoms with Crippen molar-refractivity contribution >= 4 is 22.5 Å². The van der Waals surface area contributed by atoms with Crippen molar-refractivity contribution < 1.29 is 0 Å². The number of nitrogens with two attached hydrogens (primary N) is 1. The molecule has 2 aromatic rings. The number of halogens is 1. The molecule has 1 aromatic carbocycles. The fraction of sp³-hybridized carbons (Fsp3) is 0.471. The van der Waals surface area contributed by atoms with Crippen molar-refractivity contribution in [3.8, 4) is 0 Å². The normalized spacial score (nSPS) is 17.4. The van der Waals surface area contributed by atoms with E-state index in [0.29, 0.717) is 5.15 Å². The van der Waals surface area contributed by atoms with Crippen LogP contribution < -0.4 is 5.73 Å². The van der Waals surface area contributed by atoms with Gasteiger partial charge in [-0.3, -0.25) is 4.90 Å². The summed E-state index contributed by atoms with van der Waals surface area (Å²) in [6.07, 6.45) is 3.65. The van der Waals surface area contributed by atoms with E-state index < -0.39 is 0 Å². The lowest BCUT2D eigenvalue weighted by Gasteiger charge is -2.31. The lowest BCUT2D eigenvalue weighted by molar-refractivity contribution is 0.173. The van der Waals surface area contributed by atoms with E-state index in [2.05, 4.69) is 22.0 Å². The molecule has 112 valence electrons. The molecule has 4 heteroatoms. The minimum Gasteiger partial charge on any atom is -0.330 e. The maximum atomic E-state index is 6.35. The second kappa shape index (κ2) is 6.73. The molecule has 2 N–H and O–H groups in total. The fourth-order valence-corrected chi connectivity index (χ4v) is 3.36. The van der Waals surface area contributed by atoms with Crippen LogP contribution in [-0.4, -0.2) is 29.5 Å². The summed E-state index contributed by atoms with van der Waals surface area (Å²) in [7, 11) is 0. The first kappa shape index (κ1) is 14.8. The summed E-state index contributed by atoms with van der Waals surface area (Å²) >= 11 is 6.35. The molecule has 0 saturated carbocycles. The zero-order valence-electron chi connectivity index (χ0n) is 12.3. The number of piperidine rings is 1. The topological polar surface area (TPSA) is 42.1 Å². The lowest BCUT2D eigenvalue weighted by atomic mass is 9.93. The predicted octanol–water partition coefficient (Wildman–Crippen LogP) is 3.45. The van der Waals surface area contributed by atoms with Crippen LogP contribution >= 0.6 is 11.6 Å². The van der Waals surface area contributed by atoms with Crippen molar-refractivity contribution in [2.75, 3.05) is 19.6 Å². The number of para-hydroxylation sites is 1. The molecular formula is C17H22ClN3. The molecule has 0 bridgehead atoms. The molecule has 1 fully saturated rings. The highest BCUT2D eigenvalue weighted by molar-refractivity contribution is 6.30. The van der Waals surface area contributed by atoms with Crippen molar-refractivity contribution in [1.29, 1.82) is 0 Å². The molecule has 21 heavy (non-hydrogen) atoms. The molecule has 1 aliphatic heterocycles. The largest absolute Gasteiger partial charge is 0.330 e. The first-order valence-electron chi connectivity index (χ1n) is 7.73. The van der Waals surface area contributed by atoms with Crippen LogP contribution in [0.25, 0.3) is 10.9 Å². The Morgan fingerprint density at radius 3 is 2.76 bits per heavy atom. The molecule has 2 heterocycles. The molecule has 3 nitrogen and oxygen atoms in total. The van der Waals surface area contributed by atoms with Crippen molar-refractivity contribution in [3.63, 3.8) is 0 Å². The van der Waals surface area contributed by atoms with Gasteiger partial charge in [-0.1, -0.05) is 29.8 Å².